The molecule has 0 aliphatic heterocycles. The highest BCUT2D eigenvalue weighted by Crippen LogP contribution is 2.08. The van der Waals surface area contributed by atoms with Crippen molar-refractivity contribution in [1.29, 1.82) is 0 Å². The molecule has 0 amide bonds. The van der Waals surface area contributed by atoms with Crippen LogP contribution in [0.1, 0.15) is 5.69 Å². The molecule has 0 aliphatic rings. The minimum atomic E-state index is 0.0572. The third kappa shape index (κ3) is 2.31. The van der Waals surface area contributed by atoms with Gasteiger partial charge in [-0.15, -0.1) is 5.10 Å². The Morgan fingerprint density at radius 1 is 1.40 bits per heavy atom. The molecular formula is C9H9ClN4O. The highest BCUT2D eigenvalue weighted by molar-refractivity contribution is 6.29. The first-order chi connectivity index (χ1) is 7.29. The van der Waals surface area contributed by atoms with Crippen molar-refractivity contribution in [3.8, 4) is 5.82 Å². The van der Waals surface area contributed by atoms with Crippen molar-refractivity contribution in [2.45, 2.75) is 6.42 Å². The molecule has 0 aliphatic carbocycles. The van der Waals surface area contributed by atoms with Gasteiger partial charge in [0.1, 0.15) is 5.15 Å². The number of nitrogens with zero attached hydrogens (tertiary/aromatic N) is 4. The van der Waals surface area contributed by atoms with E-state index in [2.05, 4.69) is 15.3 Å². The molecule has 2 heterocycles. The first kappa shape index (κ1) is 10.1. The molecule has 0 aromatic carbocycles. The van der Waals surface area contributed by atoms with Gasteiger partial charge in [0, 0.05) is 13.0 Å². The Kier molecular flexibility index (Phi) is 2.94. The van der Waals surface area contributed by atoms with Crippen LogP contribution < -0.4 is 0 Å². The van der Waals surface area contributed by atoms with Gasteiger partial charge in [-0.25, -0.2) is 9.67 Å². The second-order valence-corrected chi connectivity index (χ2v) is 3.33. The predicted octanol–water partition coefficient (Wildman–Crippen LogP) is 0.850. The number of aliphatic hydroxyl groups excluding tert-OH is 1. The summed E-state index contributed by atoms with van der Waals surface area (Å²) >= 11 is 5.75. The smallest absolute Gasteiger partial charge is 0.156 e. The van der Waals surface area contributed by atoms with E-state index in [-0.39, 0.29) is 6.61 Å². The molecule has 0 saturated heterocycles. The van der Waals surface area contributed by atoms with Crippen molar-refractivity contribution in [2.75, 3.05) is 6.61 Å². The first-order valence-corrected chi connectivity index (χ1v) is 4.82. The van der Waals surface area contributed by atoms with E-state index in [4.69, 9.17) is 16.7 Å². The molecule has 0 fully saturated rings. The van der Waals surface area contributed by atoms with Crippen LogP contribution in [0.4, 0.5) is 0 Å². The van der Waals surface area contributed by atoms with Crippen LogP contribution in [0.2, 0.25) is 5.15 Å². The molecule has 15 heavy (non-hydrogen) atoms. The fourth-order valence-electron chi connectivity index (χ4n) is 1.16. The minimum absolute atomic E-state index is 0.0572. The van der Waals surface area contributed by atoms with E-state index >= 15 is 0 Å². The molecule has 0 spiro atoms. The number of pyridine rings is 1. The van der Waals surface area contributed by atoms with Gasteiger partial charge in [0.2, 0.25) is 0 Å². The van der Waals surface area contributed by atoms with Gasteiger partial charge in [0.15, 0.2) is 5.82 Å². The van der Waals surface area contributed by atoms with Crippen LogP contribution in [0.15, 0.2) is 24.4 Å². The largest absolute Gasteiger partial charge is 0.396 e. The van der Waals surface area contributed by atoms with Crippen molar-refractivity contribution in [2.24, 2.45) is 0 Å². The Balaban J connectivity index is 2.29. The molecule has 5 nitrogen and oxygen atoms in total. The summed E-state index contributed by atoms with van der Waals surface area (Å²) in [6.45, 7) is 0.0572. The summed E-state index contributed by atoms with van der Waals surface area (Å²) in [5.41, 5.74) is 0.722. The van der Waals surface area contributed by atoms with Crippen LogP contribution in [0.3, 0.4) is 0 Å². The second kappa shape index (κ2) is 4.37. The Labute approximate surface area is 91.3 Å². The molecule has 6 heteroatoms. The number of aromatic nitrogens is 4. The fourth-order valence-corrected chi connectivity index (χ4v) is 1.32. The summed E-state index contributed by atoms with van der Waals surface area (Å²) in [7, 11) is 0. The fraction of sp³-hybridized carbons (Fsp3) is 0.222. The highest BCUT2D eigenvalue weighted by Gasteiger charge is 2.03. The molecular weight excluding hydrogens is 216 g/mol. The normalized spacial score (nSPS) is 10.5. The molecule has 1 N–H and O–H groups in total. The molecule has 0 saturated carbocycles. The van der Waals surface area contributed by atoms with Gasteiger partial charge in [-0.05, 0) is 12.1 Å². The van der Waals surface area contributed by atoms with Crippen LogP contribution in [0.5, 0.6) is 0 Å². The van der Waals surface area contributed by atoms with E-state index in [1.54, 1.807) is 24.4 Å². The lowest BCUT2D eigenvalue weighted by Crippen LogP contribution is -1.97. The molecule has 0 bridgehead atoms. The van der Waals surface area contributed by atoms with E-state index < -0.39 is 0 Å². The molecule has 2 aromatic heterocycles. The topological polar surface area (TPSA) is 63.8 Å². The zero-order chi connectivity index (χ0) is 10.7. The van der Waals surface area contributed by atoms with Gasteiger partial charge in [-0.3, -0.25) is 0 Å². The standard InChI is InChI=1S/C9H9ClN4O/c10-8-2-1-3-9(11-8)14-6-7(4-5-15)12-13-14/h1-3,6,15H,4-5H2. The SMILES string of the molecule is OCCc1cn(-c2cccc(Cl)n2)nn1. The van der Waals surface area contributed by atoms with Crippen LogP contribution in [-0.2, 0) is 6.42 Å². The van der Waals surface area contributed by atoms with E-state index in [1.807, 2.05) is 0 Å². The maximum Gasteiger partial charge on any atom is 0.156 e. The van der Waals surface area contributed by atoms with Crippen LogP contribution >= 0.6 is 11.6 Å². The summed E-state index contributed by atoms with van der Waals surface area (Å²) in [6.07, 6.45) is 2.20. The van der Waals surface area contributed by atoms with E-state index in [9.17, 15) is 0 Å². The Morgan fingerprint density at radius 2 is 2.27 bits per heavy atom. The number of rotatable bonds is 3. The van der Waals surface area contributed by atoms with Crippen molar-refractivity contribution < 1.29 is 5.11 Å². The zero-order valence-electron chi connectivity index (χ0n) is 7.84. The quantitative estimate of drug-likeness (QED) is 0.786. The van der Waals surface area contributed by atoms with Crippen LogP contribution in [0, 0.1) is 0 Å². The molecule has 2 rings (SSSR count). The van der Waals surface area contributed by atoms with Crippen molar-refractivity contribution >= 4 is 11.6 Å². The number of hydrogen-bond donors (Lipinski definition) is 1. The van der Waals surface area contributed by atoms with Crippen molar-refractivity contribution in [1.82, 2.24) is 20.0 Å². The average Bonchev–Trinajstić information content (AvgIpc) is 2.67. The van der Waals surface area contributed by atoms with E-state index in [1.165, 1.54) is 4.68 Å². The number of aliphatic hydroxyl groups is 1. The molecule has 0 unspecified atom stereocenters. The Hall–Kier alpha value is -1.46. The van der Waals surface area contributed by atoms with E-state index in [0.717, 1.165) is 5.69 Å². The Bertz CT molecular complexity index is 457. The van der Waals surface area contributed by atoms with Crippen molar-refractivity contribution in [3.05, 3.63) is 35.2 Å². The predicted molar refractivity (Wildman–Crippen MR) is 55.0 cm³/mol. The van der Waals surface area contributed by atoms with Gasteiger partial charge < -0.3 is 5.11 Å². The summed E-state index contributed by atoms with van der Waals surface area (Å²) in [4.78, 5) is 4.08. The molecule has 0 atom stereocenters. The molecule has 2 aromatic rings. The second-order valence-electron chi connectivity index (χ2n) is 2.95. The third-order valence-corrected chi connectivity index (χ3v) is 2.05. The summed E-state index contributed by atoms with van der Waals surface area (Å²) in [5, 5.41) is 16.9. The Morgan fingerprint density at radius 3 is 3.00 bits per heavy atom. The van der Waals surface area contributed by atoms with Gasteiger partial charge in [-0.1, -0.05) is 22.9 Å². The van der Waals surface area contributed by atoms with Crippen LogP contribution in [-0.4, -0.2) is 31.7 Å². The summed E-state index contributed by atoms with van der Waals surface area (Å²) < 4.78 is 1.52. The van der Waals surface area contributed by atoms with Gasteiger partial charge >= 0.3 is 0 Å². The first-order valence-electron chi connectivity index (χ1n) is 4.44. The highest BCUT2D eigenvalue weighted by atomic mass is 35.5. The van der Waals surface area contributed by atoms with Crippen molar-refractivity contribution in [3.63, 3.8) is 0 Å². The van der Waals surface area contributed by atoms with Gasteiger partial charge in [0.25, 0.3) is 0 Å². The molecule has 0 radical (unpaired) electrons. The third-order valence-electron chi connectivity index (χ3n) is 1.84. The number of hydrogen-bond acceptors (Lipinski definition) is 4. The number of halogens is 1. The lowest BCUT2D eigenvalue weighted by atomic mass is 10.3. The maximum absolute atomic E-state index is 8.73. The maximum atomic E-state index is 8.73. The molecule has 78 valence electrons. The lowest BCUT2D eigenvalue weighted by Gasteiger charge is -1.97. The monoisotopic (exact) mass is 224 g/mol. The van der Waals surface area contributed by atoms with Gasteiger partial charge in [-0.2, -0.15) is 0 Å². The van der Waals surface area contributed by atoms with E-state index in [0.29, 0.717) is 17.4 Å². The summed E-state index contributed by atoms with van der Waals surface area (Å²) in [5.74, 6) is 0.610. The van der Waals surface area contributed by atoms with Gasteiger partial charge in [0.05, 0.1) is 11.9 Å². The van der Waals surface area contributed by atoms with Crippen LogP contribution in [0.25, 0.3) is 5.82 Å². The zero-order valence-corrected chi connectivity index (χ0v) is 8.59. The summed E-state index contributed by atoms with van der Waals surface area (Å²) in [6, 6.07) is 5.26. The lowest BCUT2D eigenvalue weighted by molar-refractivity contribution is 0.298. The average molecular weight is 225 g/mol. The minimum Gasteiger partial charge on any atom is -0.396 e.